The third-order valence-electron chi connectivity index (χ3n) is 4.35. The SMILES string of the molecule is COc1ccc2c(C(=O)Oc3ccccc3)c3c(OC)cccc3nc2c1. The summed E-state index contributed by atoms with van der Waals surface area (Å²) in [5, 5.41) is 1.30. The third-order valence-corrected chi connectivity index (χ3v) is 4.35. The average Bonchev–Trinajstić information content (AvgIpc) is 2.71. The molecule has 1 heterocycles. The first-order valence-electron chi connectivity index (χ1n) is 8.43. The number of para-hydroxylation sites is 1. The summed E-state index contributed by atoms with van der Waals surface area (Å²) in [6.07, 6.45) is 0. The molecule has 4 aromatic rings. The Morgan fingerprint density at radius 2 is 1.63 bits per heavy atom. The zero-order chi connectivity index (χ0) is 18.8. The molecular weight excluding hydrogens is 342 g/mol. The molecule has 27 heavy (non-hydrogen) atoms. The number of carbonyl (C=O) groups excluding carboxylic acids is 1. The van der Waals surface area contributed by atoms with E-state index in [2.05, 4.69) is 4.98 Å². The molecule has 3 aromatic carbocycles. The predicted molar refractivity (Wildman–Crippen MR) is 104 cm³/mol. The maximum absolute atomic E-state index is 13.1. The van der Waals surface area contributed by atoms with Gasteiger partial charge in [-0.1, -0.05) is 24.3 Å². The van der Waals surface area contributed by atoms with E-state index >= 15 is 0 Å². The molecule has 0 bridgehead atoms. The number of carbonyl (C=O) groups is 1. The minimum absolute atomic E-state index is 0.416. The third kappa shape index (κ3) is 3.04. The fourth-order valence-corrected chi connectivity index (χ4v) is 3.10. The van der Waals surface area contributed by atoms with E-state index < -0.39 is 5.97 Å². The van der Waals surface area contributed by atoms with Crippen LogP contribution in [0.4, 0.5) is 0 Å². The van der Waals surface area contributed by atoms with Gasteiger partial charge in [-0.05, 0) is 36.4 Å². The molecule has 0 N–H and O–H groups in total. The minimum atomic E-state index is -0.465. The van der Waals surface area contributed by atoms with Gasteiger partial charge in [-0.2, -0.15) is 0 Å². The summed E-state index contributed by atoms with van der Waals surface area (Å²) in [5.41, 5.74) is 1.71. The smallest absolute Gasteiger partial charge is 0.345 e. The number of hydrogen-bond donors (Lipinski definition) is 0. The number of methoxy groups -OCH3 is 2. The molecule has 0 saturated carbocycles. The number of pyridine rings is 1. The topological polar surface area (TPSA) is 57.7 Å². The van der Waals surface area contributed by atoms with E-state index in [1.807, 2.05) is 36.4 Å². The normalized spacial score (nSPS) is 10.7. The number of benzene rings is 3. The first kappa shape index (κ1) is 16.8. The van der Waals surface area contributed by atoms with Crippen LogP contribution in [0.5, 0.6) is 17.2 Å². The second-order valence-corrected chi connectivity index (χ2v) is 5.93. The summed E-state index contributed by atoms with van der Waals surface area (Å²) in [5.74, 6) is 1.25. The van der Waals surface area contributed by atoms with Gasteiger partial charge in [-0.15, -0.1) is 0 Å². The van der Waals surface area contributed by atoms with Gasteiger partial charge in [0.15, 0.2) is 0 Å². The molecule has 0 aliphatic heterocycles. The summed E-state index contributed by atoms with van der Waals surface area (Å²) >= 11 is 0. The Hall–Kier alpha value is -3.60. The van der Waals surface area contributed by atoms with Gasteiger partial charge < -0.3 is 14.2 Å². The van der Waals surface area contributed by atoms with Crippen LogP contribution in [-0.4, -0.2) is 25.2 Å². The summed E-state index contributed by atoms with van der Waals surface area (Å²) < 4.78 is 16.4. The van der Waals surface area contributed by atoms with Crippen LogP contribution >= 0.6 is 0 Å². The lowest BCUT2D eigenvalue weighted by Crippen LogP contribution is -2.11. The van der Waals surface area contributed by atoms with Gasteiger partial charge in [0.25, 0.3) is 0 Å². The molecule has 0 saturated heterocycles. The van der Waals surface area contributed by atoms with Crippen LogP contribution in [0.2, 0.25) is 0 Å². The van der Waals surface area contributed by atoms with E-state index in [9.17, 15) is 4.79 Å². The van der Waals surface area contributed by atoms with Crippen molar-refractivity contribution in [3.05, 3.63) is 72.3 Å². The Kier molecular flexibility index (Phi) is 4.34. The van der Waals surface area contributed by atoms with Gasteiger partial charge in [-0.3, -0.25) is 0 Å². The Labute approximate surface area is 156 Å². The van der Waals surface area contributed by atoms with Crippen LogP contribution in [0.25, 0.3) is 21.8 Å². The van der Waals surface area contributed by atoms with E-state index in [0.717, 1.165) is 0 Å². The summed E-state index contributed by atoms with van der Waals surface area (Å²) in [7, 11) is 3.16. The molecule has 0 spiro atoms. The maximum atomic E-state index is 13.1. The van der Waals surface area contributed by atoms with Crippen LogP contribution in [0.3, 0.4) is 0 Å². The van der Waals surface area contributed by atoms with Crippen molar-refractivity contribution in [2.45, 2.75) is 0 Å². The number of rotatable bonds is 4. The molecule has 0 aliphatic rings. The van der Waals surface area contributed by atoms with Crippen LogP contribution in [0, 0.1) is 0 Å². The monoisotopic (exact) mass is 359 g/mol. The second kappa shape index (κ2) is 6.96. The fraction of sp³-hybridized carbons (Fsp3) is 0.0909. The molecule has 0 radical (unpaired) electrons. The summed E-state index contributed by atoms with van der Waals surface area (Å²) in [6, 6.07) is 19.9. The number of fused-ring (bicyclic) bond motifs is 2. The Bertz CT molecular complexity index is 1140. The molecule has 5 heteroatoms. The number of aromatic nitrogens is 1. The Morgan fingerprint density at radius 1 is 0.815 bits per heavy atom. The molecule has 0 amide bonds. The van der Waals surface area contributed by atoms with Crippen molar-refractivity contribution in [1.82, 2.24) is 4.98 Å². The van der Waals surface area contributed by atoms with Crippen LogP contribution < -0.4 is 14.2 Å². The van der Waals surface area contributed by atoms with Gasteiger partial charge in [0.05, 0.1) is 36.2 Å². The molecular formula is C22H17NO4. The lowest BCUT2D eigenvalue weighted by atomic mass is 10.0. The van der Waals surface area contributed by atoms with Gasteiger partial charge in [0.1, 0.15) is 17.2 Å². The van der Waals surface area contributed by atoms with Crippen molar-refractivity contribution in [2.24, 2.45) is 0 Å². The molecule has 4 rings (SSSR count). The highest BCUT2D eigenvalue weighted by molar-refractivity contribution is 6.16. The van der Waals surface area contributed by atoms with E-state index in [1.165, 1.54) is 0 Å². The highest BCUT2D eigenvalue weighted by Crippen LogP contribution is 2.34. The van der Waals surface area contributed by atoms with Crippen LogP contribution in [-0.2, 0) is 0 Å². The largest absolute Gasteiger partial charge is 0.497 e. The van der Waals surface area contributed by atoms with E-state index in [0.29, 0.717) is 44.6 Å². The van der Waals surface area contributed by atoms with Gasteiger partial charge in [0, 0.05) is 11.5 Å². The number of ether oxygens (including phenoxy) is 3. The number of nitrogens with zero attached hydrogens (tertiary/aromatic N) is 1. The Balaban J connectivity index is 2.00. The average molecular weight is 359 g/mol. The van der Waals surface area contributed by atoms with E-state index in [4.69, 9.17) is 14.2 Å². The molecule has 0 fully saturated rings. The minimum Gasteiger partial charge on any atom is -0.497 e. The lowest BCUT2D eigenvalue weighted by molar-refractivity contribution is 0.0738. The van der Waals surface area contributed by atoms with Crippen molar-refractivity contribution < 1.29 is 19.0 Å². The molecule has 1 aromatic heterocycles. The molecule has 134 valence electrons. The Morgan fingerprint density at radius 3 is 2.37 bits per heavy atom. The zero-order valence-corrected chi connectivity index (χ0v) is 14.9. The van der Waals surface area contributed by atoms with Crippen molar-refractivity contribution in [3.8, 4) is 17.2 Å². The molecule has 0 atom stereocenters. The highest BCUT2D eigenvalue weighted by Gasteiger charge is 2.21. The summed E-state index contributed by atoms with van der Waals surface area (Å²) in [4.78, 5) is 17.8. The quantitative estimate of drug-likeness (QED) is 0.302. The van der Waals surface area contributed by atoms with Crippen molar-refractivity contribution in [2.75, 3.05) is 14.2 Å². The standard InChI is InChI=1S/C22H17NO4/c1-25-15-11-12-16-18(13-15)23-17-9-6-10-19(26-2)21(17)20(16)22(24)27-14-7-4-3-5-8-14/h3-13H,1-2H3. The summed E-state index contributed by atoms with van der Waals surface area (Å²) in [6.45, 7) is 0. The second-order valence-electron chi connectivity index (χ2n) is 5.93. The van der Waals surface area contributed by atoms with E-state index in [-0.39, 0.29) is 0 Å². The van der Waals surface area contributed by atoms with Crippen LogP contribution in [0.1, 0.15) is 10.4 Å². The van der Waals surface area contributed by atoms with Gasteiger partial charge >= 0.3 is 5.97 Å². The lowest BCUT2D eigenvalue weighted by Gasteiger charge is -2.13. The zero-order valence-electron chi connectivity index (χ0n) is 14.9. The van der Waals surface area contributed by atoms with Crippen molar-refractivity contribution in [1.29, 1.82) is 0 Å². The predicted octanol–water partition coefficient (Wildman–Crippen LogP) is 4.62. The van der Waals surface area contributed by atoms with Crippen LogP contribution in [0.15, 0.2) is 66.7 Å². The molecule has 0 unspecified atom stereocenters. The highest BCUT2D eigenvalue weighted by atomic mass is 16.5. The van der Waals surface area contributed by atoms with Crippen molar-refractivity contribution >= 4 is 27.8 Å². The first-order chi connectivity index (χ1) is 13.2. The maximum Gasteiger partial charge on any atom is 0.345 e. The number of hydrogen-bond acceptors (Lipinski definition) is 5. The molecule has 5 nitrogen and oxygen atoms in total. The van der Waals surface area contributed by atoms with Crippen molar-refractivity contribution in [3.63, 3.8) is 0 Å². The van der Waals surface area contributed by atoms with E-state index in [1.54, 1.807) is 44.6 Å². The first-order valence-corrected chi connectivity index (χ1v) is 8.43. The molecule has 0 aliphatic carbocycles. The fourth-order valence-electron chi connectivity index (χ4n) is 3.10. The number of esters is 1. The van der Waals surface area contributed by atoms with Gasteiger partial charge in [-0.25, -0.2) is 9.78 Å². The van der Waals surface area contributed by atoms with Gasteiger partial charge in [0.2, 0.25) is 0 Å².